The van der Waals surface area contributed by atoms with Crippen molar-refractivity contribution in [1.82, 2.24) is 0 Å². The fraction of sp³-hybridized carbons (Fsp3) is 0.471. The number of Topliss-reactive ketones (excluding diaryl/α,β-unsaturated/α-hetero) is 1. The average Bonchev–Trinajstić information content (AvgIpc) is 2.43. The molecule has 2 unspecified atom stereocenters. The van der Waals surface area contributed by atoms with Crippen LogP contribution in [-0.2, 0) is 4.79 Å². The van der Waals surface area contributed by atoms with Crippen molar-refractivity contribution >= 4 is 11.9 Å². The Labute approximate surface area is 109 Å². The molecule has 0 saturated heterocycles. The van der Waals surface area contributed by atoms with Gasteiger partial charge in [-0.15, -0.1) is 0 Å². The molecule has 1 aromatic carbocycles. The van der Waals surface area contributed by atoms with Crippen LogP contribution in [0.4, 0.5) is 0 Å². The molecule has 0 amide bonds. The van der Waals surface area contributed by atoms with E-state index >= 15 is 0 Å². The Morgan fingerprint density at radius 1 is 1.00 bits per heavy atom. The van der Waals surface area contributed by atoms with Gasteiger partial charge in [-0.1, -0.05) is 43.2 Å². The van der Waals surface area contributed by atoms with Crippen LogP contribution in [0.15, 0.2) is 35.9 Å². The van der Waals surface area contributed by atoms with Gasteiger partial charge in [-0.2, -0.15) is 0 Å². The fourth-order valence-electron chi connectivity index (χ4n) is 3.49. The second kappa shape index (κ2) is 5.09. The van der Waals surface area contributed by atoms with Crippen LogP contribution in [0, 0.1) is 11.8 Å². The van der Waals surface area contributed by atoms with E-state index in [4.69, 9.17) is 0 Å². The lowest BCUT2D eigenvalue weighted by atomic mass is 9.68. The van der Waals surface area contributed by atoms with Crippen LogP contribution >= 0.6 is 0 Å². The Kier molecular flexibility index (Phi) is 3.31. The van der Waals surface area contributed by atoms with Crippen molar-refractivity contribution < 1.29 is 4.79 Å². The Balaban J connectivity index is 1.82. The molecule has 2 aliphatic rings. The Bertz CT molecular complexity index is 458. The smallest absolute Gasteiger partial charge is 0.162 e. The van der Waals surface area contributed by atoms with Gasteiger partial charge >= 0.3 is 0 Å². The van der Waals surface area contributed by atoms with Crippen LogP contribution in [0.3, 0.4) is 0 Å². The standard InChI is InChI=1S/C17H20O/c18-17-15(12-13-6-2-1-3-7-13)11-10-14-8-4-5-9-16(14)17/h1-3,6-7,12,14,16H,4-5,8-11H2/b15-12+. The molecule has 0 heterocycles. The highest BCUT2D eigenvalue weighted by Gasteiger charge is 2.35. The fourth-order valence-corrected chi connectivity index (χ4v) is 3.49. The molecule has 2 atom stereocenters. The molecule has 0 spiro atoms. The van der Waals surface area contributed by atoms with Gasteiger partial charge in [0.15, 0.2) is 5.78 Å². The minimum atomic E-state index is 0.336. The first-order valence-electron chi connectivity index (χ1n) is 7.14. The second-order valence-corrected chi connectivity index (χ2v) is 5.63. The van der Waals surface area contributed by atoms with Crippen molar-refractivity contribution in [1.29, 1.82) is 0 Å². The first-order valence-corrected chi connectivity index (χ1v) is 7.14. The summed E-state index contributed by atoms with van der Waals surface area (Å²) < 4.78 is 0. The summed E-state index contributed by atoms with van der Waals surface area (Å²) in [5, 5.41) is 0. The minimum Gasteiger partial charge on any atom is -0.294 e. The topological polar surface area (TPSA) is 17.1 Å². The SMILES string of the molecule is O=C1/C(=C/c2ccccc2)CCC2CCCCC12. The third kappa shape index (κ3) is 2.27. The number of fused-ring (bicyclic) bond motifs is 1. The van der Waals surface area contributed by atoms with Gasteiger partial charge in [-0.05, 0) is 48.8 Å². The van der Waals surface area contributed by atoms with Gasteiger partial charge in [0.05, 0.1) is 0 Å². The molecule has 1 nitrogen and oxygen atoms in total. The molecule has 18 heavy (non-hydrogen) atoms. The van der Waals surface area contributed by atoms with Crippen molar-refractivity contribution in [2.75, 3.05) is 0 Å². The monoisotopic (exact) mass is 240 g/mol. The maximum atomic E-state index is 12.5. The first kappa shape index (κ1) is 11.7. The maximum absolute atomic E-state index is 12.5. The van der Waals surface area contributed by atoms with Gasteiger partial charge in [0, 0.05) is 5.92 Å². The first-order chi connectivity index (χ1) is 8.84. The van der Waals surface area contributed by atoms with Crippen molar-refractivity contribution in [3.8, 4) is 0 Å². The lowest BCUT2D eigenvalue weighted by molar-refractivity contribution is -0.123. The zero-order valence-corrected chi connectivity index (χ0v) is 10.8. The highest BCUT2D eigenvalue weighted by Crippen LogP contribution is 2.40. The van der Waals surface area contributed by atoms with Crippen LogP contribution in [0.25, 0.3) is 6.08 Å². The van der Waals surface area contributed by atoms with Crippen molar-refractivity contribution in [3.63, 3.8) is 0 Å². The number of hydrogen-bond acceptors (Lipinski definition) is 1. The number of hydrogen-bond donors (Lipinski definition) is 0. The van der Waals surface area contributed by atoms with Crippen molar-refractivity contribution in [3.05, 3.63) is 41.5 Å². The third-order valence-corrected chi connectivity index (χ3v) is 4.49. The third-order valence-electron chi connectivity index (χ3n) is 4.49. The molecule has 0 radical (unpaired) electrons. The maximum Gasteiger partial charge on any atom is 0.162 e. The summed E-state index contributed by atoms with van der Waals surface area (Å²) in [5.41, 5.74) is 2.22. The highest BCUT2D eigenvalue weighted by atomic mass is 16.1. The summed E-state index contributed by atoms with van der Waals surface area (Å²) in [6, 6.07) is 10.2. The average molecular weight is 240 g/mol. The Hall–Kier alpha value is -1.37. The number of rotatable bonds is 1. The minimum absolute atomic E-state index is 0.336. The van der Waals surface area contributed by atoms with Crippen molar-refractivity contribution in [2.45, 2.75) is 38.5 Å². The van der Waals surface area contributed by atoms with Gasteiger partial charge < -0.3 is 0 Å². The molecule has 0 aliphatic heterocycles. The van der Waals surface area contributed by atoms with E-state index < -0.39 is 0 Å². The number of carbonyl (C=O) groups is 1. The lowest BCUT2D eigenvalue weighted by Gasteiger charge is -2.35. The normalized spacial score (nSPS) is 30.2. The molecular formula is C17H20O. The van der Waals surface area contributed by atoms with Crippen LogP contribution in [0.1, 0.15) is 44.1 Å². The number of allylic oxidation sites excluding steroid dienone is 1. The number of benzene rings is 1. The molecular weight excluding hydrogens is 220 g/mol. The summed E-state index contributed by atoms with van der Waals surface area (Å²) in [7, 11) is 0. The van der Waals surface area contributed by atoms with Crippen LogP contribution in [-0.4, -0.2) is 5.78 Å². The highest BCUT2D eigenvalue weighted by molar-refractivity contribution is 6.02. The van der Waals surface area contributed by atoms with Gasteiger partial charge in [0.25, 0.3) is 0 Å². The van der Waals surface area contributed by atoms with E-state index in [1.807, 2.05) is 18.2 Å². The van der Waals surface area contributed by atoms with E-state index in [1.165, 1.54) is 25.7 Å². The summed E-state index contributed by atoms with van der Waals surface area (Å²) >= 11 is 0. The van der Waals surface area contributed by atoms with E-state index in [0.717, 1.165) is 24.0 Å². The van der Waals surface area contributed by atoms with Crippen molar-refractivity contribution in [2.24, 2.45) is 11.8 Å². The van der Waals surface area contributed by atoms with E-state index in [9.17, 15) is 4.79 Å². The van der Waals surface area contributed by atoms with E-state index in [1.54, 1.807) is 0 Å². The van der Waals surface area contributed by atoms with E-state index in [0.29, 0.717) is 17.6 Å². The second-order valence-electron chi connectivity index (χ2n) is 5.63. The summed E-state index contributed by atoms with van der Waals surface area (Å²) in [5.74, 6) is 1.46. The summed E-state index contributed by atoms with van der Waals surface area (Å²) in [6.07, 6.45) is 9.26. The van der Waals surface area contributed by atoms with Gasteiger partial charge in [0.1, 0.15) is 0 Å². The molecule has 0 bridgehead atoms. The van der Waals surface area contributed by atoms with Crippen LogP contribution in [0.2, 0.25) is 0 Å². The van der Waals surface area contributed by atoms with Gasteiger partial charge in [-0.25, -0.2) is 0 Å². The number of ketones is 1. The molecule has 1 heteroatoms. The predicted octanol–water partition coefficient (Wildman–Crippen LogP) is 4.24. The van der Waals surface area contributed by atoms with Crippen LogP contribution in [0.5, 0.6) is 0 Å². The van der Waals surface area contributed by atoms with E-state index in [2.05, 4.69) is 18.2 Å². The Morgan fingerprint density at radius 3 is 2.61 bits per heavy atom. The zero-order valence-electron chi connectivity index (χ0n) is 10.8. The Morgan fingerprint density at radius 2 is 1.78 bits per heavy atom. The predicted molar refractivity (Wildman–Crippen MR) is 74.1 cm³/mol. The molecule has 2 aliphatic carbocycles. The summed E-state index contributed by atoms with van der Waals surface area (Å²) in [6.45, 7) is 0. The molecule has 2 fully saturated rings. The zero-order chi connectivity index (χ0) is 12.4. The van der Waals surface area contributed by atoms with Crippen LogP contribution < -0.4 is 0 Å². The summed E-state index contributed by atoms with van der Waals surface area (Å²) in [4.78, 5) is 12.5. The lowest BCUT2D eigenvalue weighted by Crippen LogP contribution is -2.32. The molecule has 0 aromatic heterocycles. The van der Waals surface area contributed by atoms with E-state index in [-0.39, 0.29) is 0 Å². The quantitative estimate of drug-likeness (QED) is 0.671. The molecule has 0 N–H and O–H groups in total. The molecule has 3 rings (SSSR count). The molecule has 94 valence electrons. The largest absolute Gasteiger partial charge is 0.294 e. The van der Waals surface area contributed by atoms with Gasteiger partial charge in [-0.3, -0.25) is 4.79 Å². The van der Waals surface area contributed by atoms with Gasteiger partial charge in [0.2, 0.25) is 0 Å². The number of carbonyl (C=O) groups excluding carboxylic acids is 1. The molecule has 2 saturated carbocycles. The molecule has 1 aromatic rings.